The Hall–Kier alpha value is -2.94. The highest BCUT2D eigenvalue weighted by atomic mass is 19.1. The van der Waals surface area contributed by atoms with Crippen LogP contribution in [-0.2, 0) is 11.2 Å². The summed E-state index contributed by atoms with van der Waals surface area (Å²) in [5.74, 6) is -0.247. The summed E-state index contributed by atoms with van der Waals surface area (Å²) in [5.41, 5.74) is 3.04. The predicted molar refractivity (Wildman–Crippen MR) is 105 cm³/mol. The minimum Gasteiger partial charge on any atom is -0.304 e. The highest BCUT2D eigenvalue weighted by molar-refractivity contribution is 6.03. The highest BCUT2D eigenvalue weighted by Gasteiger charge is 2.48. The number of aryl methyl sites for hydroxylation is 1. The van der Waals surface area contributed by atoms with Crippen molar-refractivity contribution in [2.45, 2.75) is 25.3 Å². The SMILES string of the molecule is O=C1C(CCCc2ccccc2)C(c2[c]cccc2)N1c1ccc(F)cc1. The summed E-state index contributed by atoms with van der Waals surface area (Å²) in [7, 11) is 0. The number of rotatable bonds is 6. The Bertz CT molecular complexity index is 893. The summed E-state index contributed by atoms with van der Waals surface area (Å²) in [6.45, 7) is 0. The Balaban J connectivity index is 1.52. The van der Waals surface area contributed by atoms with Crippen LogP contribution in [0, 0.1) is 17.8 Å². The van der Waals surface area contributed by atoms with Gasteiger partial charge in [0.15, 0.2) is 0 Å². The molecule has 3 heteroatoms. The van der Waals surface area contributed by atoms with Gasteiger partial charge in [-0.3, -0.25) is 4.79 Å². The zero-order valence-corrected chi connectivity index (χ0v) is 15.0. The standard InChI is InChI=1S/C24H21FNO/c25-20-14-16-21(17-15-20)26-23(19-11-5-2-6-12-19)22(24(26)27)13-7-10-18-8-3-1-4-9-18/h1-6,8-9,11,14-17,22-23H,7,10,13H2. The van der Waals surface area contributed by atoms with Gasteiger partial charge in [0.25, 0.3) is 0 Å². The van der Waals surface area contributed by atoms with E-state index < -0.39 is 0 Å². The molecule has 27 heavy (non-hydrogen) atoms. The maximum absolute atomic E-state index is 13.3. The molecule has 2 unspecified atom stereocenters. The number of hydrogen-bond acceptors (Lipinski definition) is 1. The van der Waals surface area contributed by atoms with E-state index in [1.54, 1.807) is 17.0 Å². The summed E-state index contributed by atoms with van der Waals surface area (Å²) in [6, 6.07) is 27.5. The maximum Gasteiger partial charge on any atom is 0.233 e. The van der Waals surface area contributed by atoms with E-state index in [1.807, 2.05) is 42.5 Å². The van der Waals surface area contributed by atoms with Gasteiger partial charge >= 0.3 is 0 Å². The molecule has 1 fully saturated rings. The summed E-state index contributed by atoms with van der Waals surface area (Å²) in [4.78, 5) is 14.7. The Morgan fingerprint density at radius 1 is 0.926 bits per heavy atom. The summed E-state index contributed by atoms with van der Waals surface area (Å²) in [5, 5.41) is 0. The lowest BCUT2D eigenvalue weighted by Gasteiger charge is -2.47. The van der Waals surface area contributed by atoms with Crippen LogP contribution in [0.5, 0.6) is 0 Å². The fourth-order valence-corrected chi connectivity index (χ4v) is 3.84. The molecule has 1 aliphatic heterocycles. The zero-order chi connectivity index (χ0) is 18.6. The largest absolute Gasteiger partial charge is 0.304 e. The first-order valence-electron chi connectivity index (χ1n) is 9.33. The number of benzene rings is 3. The number of halogens is 1. The Labute approximate surface area is 159 Å². The molecule has 135 valence electrons. The normalized spacial score (nSPS) is 19.0. The quantitative estimate of drug-likeness (QED) is 0.544. The van der Waals surface area contributed by atoms with Crippen LogP contribution in [0.25, 0.3) is 0 Å². The van der Waals surface area contributed by atoms with Crippen molar-refractivity contribution in [1.29, 1.82) is 0 Å². The fraction of sp³-hybridized carbons (Fsp3) is 0.208. The average molecular weight is 358 g/mol. The van der Waals surface area contributed by atoms with Crippen molar-refractivity contribution in [2.24, 2.45) is 5.92 Å². The van der Waals surface area contributed by atoms with Gasteiger partial charge in [-0.05, 0) is 60.7 Å². The molecule has 0 aliphatic carbocycles. The van der Waals surface area contributed by atoms with Gasteiger partial charge in [0, 0.05) is 5.69 Å². The summed E-state index contributed by atoms with van der Waals surface area (Å²) in [6.07, 6.45) is 2.76. The first-order valence-corrected chi connectivity index (χ1v) is 9.33. The second kappa shape index (κ2) is 7.75. The molecule has 1 radical (unpaired) electrons. The van der Waals surface area contributed by atoms with Crippen molar-refractivity contribution in [3.05, 3.63) is 102 Å². The zero-order valence-electron chi connectivity index (χ0n) is 15.0. The van der Waals surface area contributed by atoms with E-state index in [4.69, 9.17) is 0 Å². The third-order valence-corrected chi connectivity index (χ3v) is 5.19. The van der Waals surface area contributed by atoms with Gasteiger partial charge in [-0.1, -0.05) is 54.6 Å². The van der Waals surface area contributed by atoms with Gasteiger partial charge in [0.2, 0.25) is 5.91 Å². The Morgan fingerprint density at radius 2 is 1.67 bits per heavy atom. The molecule has 0 spiro atoms. The molecule has 0 saturated carbocycles. The summed E-state index contributed by atoms with van der Waals surface area (Å²) >= 11 is 0. The van der Waals surface area contributed by atoms with Crippen molar-refractivity contribution < 1.29 is 9.18 Å². The highest BCUT2D eigenvalue weighted by Crippen LogP contribution is 2.45. The van der Waals surface area contributed by atoms with Crippen molar-refractivity contribution in [3.63, 3.8) is 0 Å². The second-order valence-corrected chi connectivity index (χ2v) is 6.93. The number of hydrogen-bond donors (Lipinski definition) is 0. The first-order chi connectivity index (χ1) is 13.2. The number of nitrogens with zero attached hydrogens (tertiary/aromatic N) is 1. The number of amides is 1. The number of carbonyl (C=O) groups excluding carboxylic acids is 1. The average Bonchev–Trinajstić information content (AvgIpc) is 2.72. The lowest BCUT2D eigenvalue weighted by Crippen LogP contribution is -2.55. The molecule has 2 atom stereocenters. The van der Waals surface area contributed by atoms with Crippen LogP contribution in [0.3, 0.4) is 0 Å². The van der Waals surface area contributed by atoms with Gasteiger partial charge < -0.3 is 4.90 Å². The Kier molecular flexibility index (Phi) is 5.01. The molecule has 0 N–H and O–H groups in total. The third kappa shape index (κ3) is 3.63. The Morgan fingerprint density at radius 3 is 2.37 bits per heavy atom. The van der Waals surface area contributed by atoms with Gasteiger partial charge in [0.05, 0.1) is 12.0 Å². The molecule has 3 aromatic rings. The lowest BCUT2D eigenvalue weighted by atomic mass is 9.78. The molecule has 1 amide bonds. The predicted octanol–water partition coefficient (Wildman–Crippen LogP) is 5.35. The molecular formula is C24H21FNO. The fourth-order valence-electron chi connectivity index (χ4n) is 3.84. The minimum absolute atomic E-state index is 0.0417. The van der Waals surface area contributed by atoms with Crippen molar-refractivity contribution in [1.82, 2.24) is 0 Å². The van der Waals surface area contributed by atoms with Crippen LogP contribution in [0.1, 0.15) is 30.0 Å². The number of β-lactam (4-membered cyclic amide) rings is 1. The second-order valence-electron chi connectivity index (χ2n) is 6.93. The van der Waals surface area contributed by atoms with E-state index in [0.717, 1.165) is 30.5 Å². The summed E-state index contributed by atoms with van der Waals surface area (Å²) < 4.78 is 13.3. The van der Waals surface area contributed by atoms with Crippen LogP contribution < -0.4 is 4.90 Å². The molecule has 3 aromatic carbocycles. The molecule has 1 heterocycles. The van der Waals surface area contributed by atoms with Crippen LogP contribution >= 0.6 is 0 Å². The molecular weight excluding hydrogens is 337 g/mol. The van der Waals surface area contributed by atoms with Gasteiger partial charge in [0.1, 0.15) is 5.82 Å². The maximum atomic E-state index is 13.3. The van der Waals surface area contributed by atoms with E-state index in [0.29, 0.717) is 0 Å². The molecule has 0 aromatic heterocycles. The van der Waals surface area contributed by atoms with E-state index in [-0.39, 0.29) is 23.7 Å². The molecule has 1 saturated heterocycles. The van der Waals surface area contributed by atoms with Crippen molar-refractivity contribution >= 4 is 11.6 Å². The van der Waals surface area contributed by atoms with Crippen molar-refractivity contribution in [2.75, 3.05) is 4.90 Å². The van der Waals surface area contributed by atoms with Crippen LogP contribution in [0.4, 0.5) is 10.1 Å². The smallest absolute Gasteiger partial charge is 0.233 e. The molecule has 4 rings (SSSR count). The third-order valence-electron chi connectivity index (χ3n) is 5.19. The van der Waals surface area contributed by atoms with Crippen LogP contribution in [-0.4, -0.2) is 5.91 Å². The molecule has 0 bridgehead atoms. The monoisotopic (exact) mass is 358 g/mol. The number of carbonyl (C=O) groups is 1. The molecule has 2 nitrogen and oxygen atoms in total. The van der Waals surface area contributed by atoms with Crippen LogP contribution in [0.2, 0.25) is 0 Å². The number of anilines is 1. The van der Waals surface area contributed by atoms with Gasteiger partial charge in [-0.2, -0.15) is 0 Å². The minimum atomic E-state index is -0.297. The lowest BCUT2D eigenvalue weighted by molar-refractivity contribution is -0.130. The topological polar surface area (TPSA) is 20.3 Å². The van der Waals surface area contributed by atoms with E-state index >= 15 is 0 Å². The van der Waals surface area contributed by atoms with Gasteiger partial charge in [-0.15, -0.1) is 0 Å². The molecule has 1 aliphatic rings. The van der Waals surface area contributed by atoms with E-state index in [1.165, 1.54) is 17.7 Å². The van der Waals surface area contributed by atoms with E-state index in [2.05, 4.69) is 18.2 Å². The van der Waals surface area contributed by atoms with Crippen molar-refractivity contribution in [3.8, 4) is 0 Å². The first kappa shape index (κ1) is 17.5. The van der Waals surface area contributed by atoms with Crippen LogP contribution in [0.15, 0.2) is 78.9 Å². The van der Waals surface area contributed by atoms with E-state index in [9.17, 15) is 9.18 Å². The van der Waals surface area contributed by atoms with Gasteiger partial charge in [-0.25, -0.2) is 4.39 Å².